The second-order valence-electron chi connectivity index (χ2n) is 3.44. The number of H-pyrrole nitrogens is 1. The van der Waals surface area contributed by atoms with E-state index < -0.39 is 0 Å². The lowest BCUT2D eigenvalue weighted by molar-refractivity contribution is 1.22. The lowest BCUT2D eigenvalue weighted by Crippen LogP contribution is -1.96. The zero-order valence-corrected chi connectivity index (χ0v) is 9.38. The predicted octanol–water partition coefficient (Wildman–Crippen LogP) is 1.97. The van der Waals surface area contributed by atoms with Gasteiger partial charge in [0.25, 0.3) is 0 Å². The molecule has 0 aliphatic rings. The smallest absolute Gasteiger partial charge is 0.222 e. The van der Waals surface area contributed by atoms with Crippen LogP contribution in [0.5, 0.6) is 0 Å². The first-order valence-corrected chi connectivity index (χ1v) is 5.59. The molecule has 0 radical (unpaired) electrons. The number of aryl methyl sites for hydroxylation is 1. The summed E-state index contributed by atoms with van der Waals surface area (Å²) in [6.07, 6.45) is 1.60. The minimum atomic E-state index is 0.251. The van der Waals surface area contributed by atoms with Crippen LogP contribution in [0.25, 0.3) is 21.7 Å². The molecular formula is C10H9N5S. The molecule has 3 aromatic rings. The number of nitrogens with zero attached hydrogens (tertiary/aromatic N) is 3. The van der Waals surface area contributed by atoms with Gasteiger partial charge in [0.2, 0.25) is 5.95 Å². The quantitative estimate of drug-likeness (QED) is 0.671. The Morgan fingerprint density at radius 3 is 2.94 bits per heavy atom. The van der Waals surface area contributed by atoms with E-state index >= 15 is 0 Å². The fourth-order valence-electron chi connectivity index (χ4n) is 1.59. The van der Waals surface area contributed by atoms with E-state index in [0.29, 0.717) is 5.65 Å². The summed E-state index contributed by atoms with van der Waals surface area (Å²) in [5.41, 5.74) is 7.91. The summed E-state index contributed by atoms with van der Waals surface area (Å²) in [5, 5.41) is 0. The molecule has 3 aromatic heterocycles. The summed E-state index contributed by atoms with van der Waals surface area (Å²) >= 11 is 1.67. The highest BCUT2D eigenvalue weighted by Gasteiger charge is 2.11. The zero-order chi connectivity index (χ0) is 11.1. The number of nitrogens with one attached hydrogen (secondary N) is 1. The Balaban J connectivity index is 2.33. The first-order chi connectivity index (χ1) is 7.74. The molecule has 0 fully saturated rings. The summed E-state index contributed by atoms with van der Waals surface area (Å²) < 4.78 is 0. The van der Waals surface area contributed by atoms with Gasteiger partial charge in [0, 0.05) is 4.88 Å². The van der Waals surface area contributed by atoms with Crippen LogP contribution in [0.4, 0.5) is 5.95 Å². The largest absolute Gasteiger partial charge is 0.368 e. The molecule has 0 saturated heterocycles. The molecule has 3 N–H and O–H groups in total. The third-order valence-corrected chi connectivity index (χ3v) is 3.28. The van der Waals surface area contributed by atoms with Crippen LogP contribution < -0.4 is 5.73 Å². The van der Waals surface area contributed by atoms with Gasteiger partial charge >= 0.3 is 0 Å². The number of nitrogens with two attached hydrogens (primary N) is 1. The van der Waals surface area contributed by atoms with Crippen molar-refractivity contribution in [3.8, 4) is 10.6 Å². The highest BCUT2D eigenvalue weighted by Crippen LogP contribution is 2.30. The first-order valence-electron chi connectivity index (χ1n) is 4.77. The second-order valence-corrected chi connectivity index (χ2v) is 4.73. The van der Waals surface area contributed by atoms with Crippen LogP contribution in [0.15, 0.2) is 18.5 Å². The number of rotatable bonds is 1. The number of hydrogen-bond donors (Lipinski definition) is 2. The normalized spacial score (nSPS) is 11.1. The lowest BCUT2D eigenvalue weighted by atomic mass is 10.3. The van der Waals surface area contributed by atoms with Gasteiger partial charge in [-0.15, -0.1) is 11.3 Å². The maximum atomic E-state index is 5.66. The lowest BCUT2D eigenvalue weighted by Gasteiger charge is -1.99. The molecule has 80 valence electrons. The van der Waals surface area contributed by atoms with Crippen LogP contribution in [-0.4, -0.2) is 19.9 Å². The van der Waals surface area contributed by atoms with E-state index in [1.54, 1.807) is 17.7 Å². The molecule has 3 heterocycles. The summed E-state index contributed by atoms with van der Waals surface area (Å²) in [5.74, 6) is 0.251. The van der Waals surface area contributed by atoms with Gasteiger partial charge in [-0.1, -0.05) is 0 Å². The summed E-state index contributed by atoms with van der Waals surface area (Å²) in [6, 6.07) is 4.09. The fourth-order valence-corrected chi connectivity index (χ4v) is 2.45. The standard InChI is InChI=1S/C10H9N5S/c1-5-2-3-6(16-5)7-8-9(13-4-12-8)15-10(11)14-7/h2-4H,1H3,(H3,11,12,13,14,15). The van der Waals surface area contributed by atoms with Crippen molar-refractivity contribution in [2.24, 2.45) is 0 Å². The SMILES string of the molecule is Cc1ccc(-c2nc(N)nc3nc[nH]c23)s1. The maximum Gasteiger partial charge on any atom is 0.222 e. The molecule has 5 nitrogen and oxygen atoms in total. The van der Waals surface area contributed by atoms with Crippen LogP contribution in [0, 0.1) is 6.92 Å². The van der Waals surface area contributed by atoms with Crippen molar-refractivity contribution in [1.82, 2.24) is 19.9 Å². The van der Waals surface area contributed by atoms with Gasteiger partial charge in [0.05, 0.1) is 11.2 Å². The van der Waals surface area contributed by atoms with Crippen molar-refractivity contribution in [3.63, 3.8) is 0 Å². The maximum absolute atomic E-state index is 5.66. The number of thiophene rings is 1. The van der Waals surface area contributed by atoms with Gasteiger partial charge in [0.1, 0.15) is 11.2 Å². The Labute approximate surface area is 95.4 Å². The van der Waals surface area contributed by atoms with Gasteiger partial charge in [-0.25, -0.2) is 9.97 Å². The molecule has 16 heavy (non-hydrogen) atoms. The molecule has 0 unspecified atom stereocenters. The van der Waals surface area contributed by atoms with Crippen LogP contribution in [0.1, 0.15) is 4.88 Å². The van der Waals surface area contributed by atoms with Crippen LogP contribution >= 0.6 is 11.3 Å². The van der Waals surface area contributed by atoms with Gasteiger partial charge < -0.3 is 10.7 Å². The number of fused-ring (bicyclic) bond motifs is 1. The van der Waals surface area contributed by atoms with Crippen molar-refractivity contribution >= 4 is 28.4 Å². The Hall–Kier alpha value is -1.95. The van der Waals surface area contributed by atoms with Crippen molar-refractivity contribution in [2.45, 2.75) is 6.92 Å². The number of hydrogen-bond acceptors (Lipinski definition) is 5. The minimum Gasteiger partial charge on any atom is -0.368 e. The molecule has 0 bridgehead atoms. The van der Waals surface area contributed by atoms with Gasteiger partial charge in [-0.3, -0.25) is 0 Å². The number of aromatic nitrogens is 4. The van der Waals surface area contributed by atoms with Gasteiger partial charge in [0.15, 0.2) is 5.65 Å². The van der Waals surface area contributed by atoms with E-state index in [0.717, 1.165) is 16.1 Å². The molecular weight excluding hydrogens is 222 g/mol. The number of imidazole rings is 1. The van der Waals surface area contributed by atoms with Crippen molar-refractivity contribution in [2.75, 3.05) is 5.73 Å². The monoisotopic (exact) mass is 231 g/mol. The fraction of sp³-hybridized carbons (Fsp3) is 0.100. The van der Waals surface area contributed by atoms with Crippen LogP contribution in [0.3, 0.4) is 0 Å². The molecule has 0 aromatic carbocycles. The Bertz CT molecular complexity index is 654. The number of aromatic amines is 1. The molecule has 0 saturated carbocycles. The molecule has 3 rings (SSSR count). The predicted molar refractivity (Wildman–Crippen MR) is 64.1 cm³/mol. The third kappa shape index (κ3) is 1.35. The highest BCUT2D eigenvalue weighted by atomic mass is 32.1. The summed E-state index contributed by atoms with van der Waals surface area (Å²) in [7, 11) is 0. The topological polar surface area (TPSA) is 80.5 Å². The highest BCUT2D eigenvalue weighted by molar-refractivity contribution is 7.15. The Morgan fingerprint density at radius 2 is 2.19 bits per heavy atom. The second kappa shape index (κ2) is 3.28. The van der Waals surface area contributed by atoms with Gasteiger partial charge in [-0.05, 0) is 19.1 Å². The molecule has 6 heteroatoms. The van der Waals surface area contributed by atoms with E-state index in [-0.39, 0.29) is 5.95 Å². The van der Waals surface area contributed by atoms with Crippen molar-refractivity contribution < 1.29 is 0 Å². The average molecular weight is 231 g/mol. The average Bonchev–Trinajstić information content (AvgIpc) is 2.84. The third-order valence-electron chi connectivity index (χ3n) is 2.28. The minimum absolute atomic E-state index is 0.251. The van der Waals surface area contributed by atoms with E-state index in [2.05, 4.69) is 32.9 Å². The van der Waals surface area contributed by atoms with Gasteiger partial charge in [-0.2, -0.15) is 4.98 Å². The Kier molecular flexibility index (Phi) is 1.90. The molecule has 0 aliphatic heterocycles. The summed E-state index contributed by atoms with van der Waals surface area (Å²) in [4.78, 5) is 17.8. The summed E-state index contributed by atoms with van der Waals surface area (Å²) in [6.45, 7) is 2.06. The molecule has 0 spiro atoms. The van der Waals surface area contributed by atoms with Crippen LogP contribution in [0.2, 0.25) is 0 Å². The molecule has 0 atom stereocenters. The van der Waals surface area contributed by atoms with Crippen molar-refractivity contribution in [1.29, 1.82) is 0 Å². The Morgan fingerprint density at radius 1 is 1.31 bits per heavy atom. The van der Waals surface area contributed by atoms with E-state index in [1.165, 1.54) is 4.88 Å². The van der Waals surface area contributed by atoms with Crippen molar-refractivity contribution in [3.05, 3.63) is 23.3 Å². The first kappa shape index (κ1) is 9.29. The zero-order valence-electron chi connectivity index (χ0n) is 8.56. The number of nitrogen functional groups attached to an aromatic ring is 1. The van der Waals surface area contributed by atoms with E-state index in [4.69, 9.17) is 5.73 Å². The number of anilines is 1. The molecule has 0 amide bonds. The van der Waals surface area contributed by atoms with E-state index in [9.17, 15) is 0 Å². The molecule has 0 aliphatic carbocycles. The van der Waals surface area contributed by atoms with E-state index in [1.807, 2.05) is 6.07 Å². The van der Waals surface area contributed by atoms with Crippen LogP contribution in [-0.2, 0) is 0 Å².